The van der Waals surface area contributed by atoms with Crippen LogP contribution in [-0.4, -0.2) is 32.8 Å². The van der Waals surface area contributed by atoms with Crippen molar-refractivity contribution in [3.05, 3.63) is 29.3 Å². The van der Waals surface area contributed by atoms with Crippen LogP contribution >= 0.6 is 0 Å². The van der Waals surface area contributed by atoms with Gasteiger partial charge in [0.1, 0.15) is 0 Å². The van der Waals surface area contributed by atoms with Gasteiger partial charge in [0.2, 0.25) is 0 Å². The Bertz CT molecular complexity index is 411. The Morgan fingerprint density at radius 1 is 1.30 bits per heavy atom. The molecule has 0 aliphatic carbocycles. The molecule has 0 atom stereocenters. The zero-order valence-electron chi connectivity index (χ0n) is 13.1. The summed E-state index contributed by atoms with van der Waals surface area (Å²) >= 11 is 0. The highest BCUT2D eigenvalue weighted by atomic mass is 16.5. The monoisotopic (exact) mass is 276 g/mol. The van der Waals surface area contributed by atoms with Gasteiger partial charge in [-0.2, -0.15) is 0 Å². The predicted molar refractivity (Wildman–Crippen MR) is 85.4 cm³/mol. The topological polar surface area (TPSA) is 24.5 Å². The molecule has 1 aromatic carbocycles. The van der Waals surface area contributed by atoms with Crippen molar-refractivity contribution in [3.63, 3.8) is 0 Å². The summed E-state index contributed by atoms with van der Waals surface area (Å²) in [5.74, 6) is 0. The van der Waals surface area contributed by atoms with E-state index in [1.165, 1.54) is 23.2 Å². The lowest BCUT2D eigenvalue weighted by Gasteiger charge is -2.34. The van der Waals surface area contributed by atoms with E-state index in [0.29, 0.717) is 6.10 Å². The van der Waals surface area contributed by atoms with Crippen LogP contribution in [0.5, 0.6) is 0 Å². The second kappa shape index (κ2) is 7.65. The summed E-state index contributed by atoms with van der Waals surface area (Å²) < 4.78 is 5.47. The Balaban J connectivity index is 2.06. The largest absolute Gasteiger partial charge is 0.381 e. The van der Waals surface area contributed by atoms with Crippen LogP contribution in [-0.2, 0) is 11.3 Å². The SMILES string of the molecule is CCCNCc1cc(C)ccc1N1CCC(OC)CC1. The molecule has 3 nitrogen and oxygen atoms in total. The van der Waals surface area contributed by atoms with Crippen LogP contribution in [0.3, 0.4) is 0 Å². The number of rotatable bonds is 6. The van der Waals surface area contributed by atoms with E-state index in [-0.39, 0.29) is 0 Å². The lowest BCUT2D eigenvalue weighted by atomic mass is 10.0. The number of ether oxygens (including phenoxy) is 1. The van der Waals surface area contributed by atoms with Crippen LogP contribution < -0.4 is 10.2 Å². The molecule has 1 N–H and O–H groups in total. The van der Waals surface area contributed by atoms with E-state index in [1.54, 1.807) is 0 Å². The molecular formula is C17H28N2O. The van der Waals surface area contributed by atoms with E-state index in [1.807, 2.05) is 7.11 Å². The smallest absolute Gasteiger partial charge is 0.0605 e. The molecule has 1 aliphatic heterocycles. The average molecular weight is 276 g/mol. The molecule has 3 heteroatoms. The van der Waals surface area contributed by atoms with Crippen LogP contribution in [0.1, 0.15) is 37.3 Å². The summed E-state index contributed by atoms with van der Waals surface area (Å²) in [5, 5.41) is 3.53. The van der Waals surface area contributed by atoms with E-state index in [4.69, 9.17) is 4.74 Å². The fraction of sp³-hybridized carbons (Fsp3) is 0.647. The molecule has 0 bridgehead atoms. The Hall–Kier alpha value is -1.06. The zero-order chi connectivity index (χ0) is 14.4. The minimum absolute atomic E-state index is 0.443. The van der Waals surface area contributed by atoms with Crippen molar-refractivity contribution in [2.75, 3.05) is 31.6 Å². The van der Waals surface area contributed by atoms with Crippen molar-refractivity contribution in [2.45, 2.75) is 45.8 Å². The number of hydrogen-bond donors (Lipinski definition) is 1. The fourth-order valence-electron chi connectivity index (χ4n) is 2.90. The first kappa shape index (κ1) is 15.3. The predicted octanol–water partition coefficient (Wildman–Crippen LogP) is 3.11. The Kier molecular flexibility index (Phi) is 5.86. The van der Waals surface area contributed by atoms with Crippen molar-refractivity contribution in [2.24, 2.45) is 0 Å². The normalized spacial score (nSPS) is 16.6. The molecule has 0 amide bonds. The van der Waals surface area contributed by atoms with E-state index >= 15 is 0 Å². The molecular weight excluding hydrogens is 248 g/mol. The van der Waals surface area contributed by atoms with Gasteiger partial charge < -0.3 is 15.0 Å². The third-order valence-electron chi connectivity index (χ3n) is 4.09. The van der Waals surface area contributed by atoms with E-state index in [2.05, 4.69) is 42.3 Å². The molecule has 1 fully saturated rings. The van der Waals surface area contributed by atoms with E-state index in [9.17, 15) is 0 Å². The van der Waals surface area contributed by atoms with Crippen molar-refractivity contribution >= 4 is 5.69 Å². The lowest BCUT2D eigenvalue weighted by molar-refractivity contribution is 0.0819. The quantitative estimate of drug-likeness (QED) is 0.808. The van der Waals surface area contributed by atoms with Gasteiger partial charge in [-0.05, 0) is 44.4 Å². The maximum absolute atomic E-state index is 5.47. The van der Waals surface area contributed by atoms with E-state index < -0.39 is 0 Å². The first-order valence-corrected chi connectivity index (χ1v) is 7.82. The van der Waals surface area contributed by atoms with Crippen molar-refractivity contribution in [1.82, 2.24) is 5.32 Å². The molecule has 1 aliphatic rings. The Morgan fingerprint density at radius 2 is 2.05 bits per heavy atom. The molecule has 1 saturated heterocycles. The summed E-state index contributed by atoms with van der Waals surface area (Å²) in [7, 11) is 1.83. The number of benzene rings is 1. The molecule has 1 heterocycles. The van der Waals surface area contributed by atoms with Crippen LogP contribution in [0.2, 0.25) is 0 Å². The Labute approximate surface area is 123 Å². The van der Waals surface area contributed by atoms with Gasteiger partial charge in [0.15, 0.2) is 0 Å². The third kappa shape index (κ3) is 3.97. The molecule has 0 saturated carbocycles. The number of anilines is 1. The maximum Gasteiger partial charge on any atom is 0.0605 e. The highest BCUT2D eigenvalue weighted by Gasteiger charge is 2.20. The number of piperidine rings is 1. The second-order valence-corrected chi connectivity index (χ2v) is 5.73. The first-order valence-electron chi connectivity index (χ1n) is 7.82. The summed E-state index contributed by atoms with van der Waals surface area (Å²) in [6.07, 6.45) is 3.89. The van der Waals surface area contributed by atoms with E-state index in [0.717, 1.165) is 39.0 Å². The van der Waals surface area contributed by atoms with Gasteiger partial charge in [-0.1, -0.05) is 24.6 Å². The summed E-state index contributed by atoms with van der Waals surface area (Å²) in [6.45, 7) is 8.63. The highest BCUT2D eigenvalue weighted by molar-refractivity contribution is 5.55. The molecule has 0 radical (unpaired) electrons. The molecule has 2 rings (SSSR count). The molecule has 20 heavy (non-hydrogen) atoms. The van der Waals surface area contributed by atoms with Gasteiger partial charge in [0, 0.05) is 32.4 Å². The number of nitrogens with one attached hydrogen (secondary N) is 1. The number of hydrogen-bond acceptors (Lipinski definition) is 3. The summed E-state index contributed by atoms with van der Waals surface area (Å²) in [5.41, 5.74) is 4.16. The molecule has 1 aromatic rings. The number of aryl methyl sites for hydroxylation is 1. The second-order valence-electron chi connectivity index (χ2n) is 5.73. The standard InChI is InChI=1S/C17H28N2O/c1-4-9-18-13-15-12-14(2)5-6-17(15)19-10-7-16(20-3)8-11-19/h5-6,12,16,18H,4,7-11,13H2,1-3H3. The van der Waals surface area contributed by atoms with Crippen molar-refractivity contribution < 1.29 is 4.74 Å². The van der Waals surface area contributed by atoms with Crippen LogP contribution in [0, 0.1) is 6.92 Å². The highest BCUT2D eigenvalue weighted by Crippen LogP contribution is 2.26. The van der Waals surface area contributed by atoms with Crippen molar-refractivity contribution in [1.29, 1.82) is 0 Å². The van der Waals surface area contributed by atoms with Crippen LogP contribution in [0.25, 0.3) is 0 Å². The van der Waals surface area contributed by atoms with Crippen LogP contribution in [0.15, 0.2) is 18.2 Å². The molecule has 0 aromatic heterocycles. The minimum atomic E-state index is 0.443. The average Bonchev–Trinajstić information content (AvgIpc) is 2.48. The zero-order valence-corrected chi connectivity index (χ0v) is 13.1. The van der Waals surface area contributed by atoms with Gasteiger partial charge in [0.25, 0.3) is 0 Å². The summed E-state index contributed by atoms with van der Waals surface area (Å²) in [4.78, 5) is 2.51. The minimum Gasteiger partial charge on any atom is -0.381 e. The van der Waals surface area contributed by atoms with Crippen LogP contribution in [0.4, 0.5) is 5.69 Å². The molecule has 0 spiro atoms. The van der Waals surface area contributed by atoms with Gasteiger partial charge in [0.05, 0.1) is 6.10 Å². The fourth-order valence-corrected chi connectivity index (χ4v) is 2.90. The molecule has 0 unspecified atom stereocenters. The lowest BCUT2D eigenvalue weighted by Crippen LogP contribution is -2.37. The maximum atomic E-state index is 5.47. The Morgan fingerprint density at radius 3 is 2.70 bits per heavy atom. The number of nitrogens with zero attached hydrogens (tertiary/aromatic N) is 1. The van der Waals surface area contributed by atoms with Crippen molar-refractivity contribution in [3.8, 4) is 0 Å². The third-order valence-corrected chi connectivity index (χ3v) is 4.09. The van der Waals surface area contributed by atoms with Gasteiger partial charge >= 0.3 is 0 Å². The molecule has 112 valence electrons. The first-order chi connectivity index (χ1) is 9.74. The van der Waals surface area contributed by atoms with Gasteiger partial charge in [-0.15, -0.1) is 0 Å². The van der Waals surface area contributed by atoms with Gasteiger partial charge in [-0.3, -0.25) is 0 Å². The summed E-state index contributed by atoms with van der Waals surface area (Å²) in [6, 6.07) is 6.83. The number of methoxy groups -OCH3 is 1. The van der Waals surface area contributed by atoms with Gasteiger partial charge in [-0.25, -0.2) is 0 Å².